The summed E-state index contributed by atoms with van der Waals surface area (Å²) in [5, 5.41) is 12.1. The molecule has 0 bridgehead atoms. The lowest BCUT2D eigenvalue weighted by Crippen LogP contribution is -2.19. The first-order chi connectivity index (χ1) is 7.04. The Morgan fingerprint density at radius 3 is 2.73 bits per heavy atom. The molecule has 0 aliphatic carbocycles. The third-order valence-electron chi connectivity index (χ3n) is 2.52. The van der Waals surface area contributed by atoms with Gasteiger partial charge in [0.15, 0.2) is 0 Å². The molecule has 0 saturated heterocycles. The highest BCUT2D eigenvalue weighted by Crippen LogP contribution is 2.20. The molecule has 0 aromatic heterocycles. The zero-order chi connectivity index (χ0) is 11.4. The number of aromatic hydroxyl groups is 1. The van der Waals surface area contributed by atoms with E-state index >= 15 is 0 Å². The summed E-state index contributed by atoms with van der Waals surface area (Å²) in [7, 11) is 0. The van der Waals surface area contributed by atoms with Crippen molar-refractivity contribution in [1.29, 1.82) is 0 Å². The van der Waals surface area contributed by atoms with Crippen molar-refractivity contribution >= 4 is 11.6 Å². The number of hydrogen-bond acceptors (Lipinski definition) is 2. The normalized spacial score (nSPS) is 12.2. The van der Waals surface area contributed by atoms with Crippen molar-refractivity contribution in [2.75, 3.05) is 5.32 Å². The van der Waals surface area contributed by atoms with E-state index in [2.05, 4.69) is 5.32 Å². The second-order valence-electron chi connectivity index (χ2n) is 3.80. The van der Waals surface area contributed by atoms with Crippen molar-refractivity contribution in [3.8, 4) is 5.75 Å². The molecular weight excluding hydrogens is 190 g/mol. The summed E-state index contributed by atoms with van der Waals surface area (Å²) in [6.45, 7) is 5.67. The number of rotatable bonds is 3. The second kappa shape index (κ2) is 4.82. The van der Waals surface area contributed by atoms with Gasteiger partial charge in [0, 0.05) is 11.6 Å². The molecule has 0 spiro atoms. The van der Waals surface area contributed by atoms with E-state index in [9.17, 15) is 9.90 Å². The third-order valence-corrected chi connectivity index (χ3v) is 2.52. The van der Waals surface area contributed by atoms with E-state index in [0.717, 1.165) is 17.7 Å². The van der Waals surface area contributed by atoms with Gasteiger partial charge >= 0.3 is 0 Å². The largest absolute Gasteiger partial charge is 0.508 e. The molecule has 0 aliphatic heterocycles. The highest BCUT2D eigenvalue weighted by molar-refractivity contribution is 5.92. The van der Waals surface area contributed by atoms with Crippen LogP contribution in [0.3, 0.4) is 0 Å². The summed E-state index contributed by atoms with van der Waals surface area (Å²) >= 11 is 0. The van der Waals surface area contributed by atoms with Crippen LogP contribution in [0.2, 0.25) is 0 Å². The second-order valence-corrected chi connectivity index (χ2v) is 3.80. The molecule has 1 unspecified atom stereocenters. The van der Waals surface area contributed by atoms with Crippen molar-refractivity contribution in [3.63, 3.8) is 0 Å². The van der Waals surface area contributed by atoms with Gasteiger partial charge in [-0.15, -0.1) is 0 Å². The molecule has 1 atom stereocenters. The number of phenols is 1. The zero-order valence-electron chi connectivity index (χ0n) is 9.37. The van der Waals surface area contributed by atoms with E-state index in [4.69, 9.17) is 0 Å². The fraction of sp³-hybridized carbons (Fsp3) is 0.417. The topological polar surface area (TPSA) is 49.3 Å². The summed E-state index contributed by atoms with van der Waals surface area (Å²) in [5.74, 6) is 0.276. The van der Waals surface area contributed by atoms with Crippen LogP contribution in [0.15, 0.2) is 18.2 Å². The lowest BCUT2D eigenvalue weighted by atomic mass is 10.1. The molecule has 0 aliphatic rings. The van der Waals surface area contributed by atoms with Crippen LogP contribution in [0.25, 0.3) is 0 Å². The third kappa shape index (κ3) is 2.98. The Hall–Kier alpha value is -1.51. The smallest absolute Gasteiger partial charge is 0.227 e. The Labute approximate surface area is 90.1 Å². The van der Waals surface area contributed by atoms with Gasteiger partial charge in [0.1, 0.15) is 5.75 Å². The van der Waals surface area contributed by atoms with Crippen LogP contribution in [0, 0.1) is 12.8 Å². The van der Waals surface area contributed by atoms with E-state index in [1.807, 2.05) is 13.8 Å². The van der Waals surface area contributed by atoms with Crippen LogP contribution in [0.5, 0.6) is 5.75 Å². The number of anilines is 1. The molecule has 0 fully saturated rings. The van der Waals surface area contributed by atoms with Crippen molar-refractivity contribution in [2.45, 2.75) is 27.2 Å². The highest BCUT2D eigenvalue weighted by atomic mass is 16.3. The minimum atomic E-state index is 0.0131. The van der Waals surface area contributed by atoms with Crippen molar-refractivity contribution in [1.82, 2.24) is 0 Å². The Bertz CT molecular complexity index is 361. The lowest BCUT2D eigenvalue weighted by Gasteiger charge is -2.10. The molecule has 0 saturated carbocycles. The zero-order valence-corrected chi connectivity index (χ0v) is 9.37. The summed E-state index contributed by atoms with van der Waals surface area (Å²) in [6, 6.07) is 5.04. The van der Waals surface area contributed by atoms with Crippen LogP contribution >= 0.6 is 0 Å². The Kier molecular flexibility index (Phi) is 3.72. The molecule has 0 heterocycles. The maximum absolute atomic E-state index is 11.6. The van der Waals surface area contributed by atoms with Gasteiger partial charge in [-0.1, -0.05) is 13.8 Å². The number of amides is 1. The first-order valence-corrected chi connectivity index (χ1v) is 5.15. The Morgan fingerprint density at radius 2 is 2.20 bits per heavy atom. The maximum atomic E-state index is 11.6. The van der Waals surface area contributed by atoms with Gasteiger partial charge < -0.3 is 10.4 Å². The van der Waals surface area contributed by atoms with E-state index in [-0.39, 0.29) is 17.6 Å². The van der Waals surface area contributed by atoms with Crippen LogP contribution in [-0.4, -0.2) is 11.0 Å². The molecule has 82 valence electrons. The van der Waals surface area contributed by atoms with E-state index in [1.165, 1.54) is 0 Å². The molecule has 3 heteroatoms. The van der Waals surface area contributed by atoms with E-state index in [1.54, 1.807) is 25.1 Å². The summed E-state index contributed by atoms with van der Waals surface area (Å²) in [4.78, 5) is 11.6. The number of aryl methyl sites for hydroxylation is 1. The minimum absolute atomic E-state index is 0.0131. The first kappa shape index (κ1) is 11.6. The molecule has 2 N–H and O–H groups in total. The number of phenolic OH excluding ortho intramolecular Hbond substituents is 1. The maximum Gasteiger partial charge on any atom is 0.227 e. The van der Waals surface area contributed by atoms with Crippen LogP contribution < -0.4 is 5.32 Å². The summed E-state index contributed by atoms with van der Waals surface area (Å²) in [5.41, 5.74) is 1.49. The predicted octanol–water partition coefficient (Wildman–Crippen LogP) is 2.69. The fourth-order valence-electron chi connectivity index (χ4n) is 1.18. The van der Waals surface area contributed by atoms with Gasteiger partial charge in [-0.3, -0.25) is 4.79 Å². The molecule has 1 aromatic carbocycles. The van der Waals surface area contributed by atoms with Gasteiger partial charge in [-0.05, 0) is 37.1 Å². The quantitative estimate of drug-likeness (QED) is 0.749. The molecule has 3 nitrogen and oxygen atoms in total. The van der Waals surface area contributed by atoms with Crippen LogP contribution in [0.1, 0.15) is 25.8 Å². The first-order valence-electron chi connectivity index (χ1n) is 5.15. The minimum Gasteiger partial charge on any atom is -0.508 e. The average molecular weight is 207 g/mol. The SMILES string of the molecule is CCC(C)C(=O)Nc1ccc(O)c(C)c1. The Morgan fingerprint density at radius 1 is 1.53 bits per heavy atom. The van der Waals surface area contributed by atoms with Crippen molar-refractivity contribution in [3.05, 3.63) is 23.8 Å². The van der Waals surface area contributed by atoms with Crippen LogP contribution in [-0.2, 0) is 4.79 Å². The van der Waals surface area contributed by atoms with Crippen LogP contribution in [0.4, 0.5) is 5.69 Å². The van der Waals surface area contributed by atoms with Gasteiger partial charge in [0.25, 0.3) is 0 Å². The molecule has 1 rings (SSSR count). The molecule has 15 heavy (non-hydrogen) atoms. The number of carbonyl (C=O) groups is 1. The van der Waals surface area contributed by atoms with Gasteiger partial charge in [-0.25, -0.2) is 0 Å². The number of carbonyl (C=O) groups excluding carboxylic acids is 1. The average Bonchev–Trinajstić information content (AvgIpc) is 2.22. The molecule has 0 radical (unpaired) electrons. The van der Waals surface area contributed by atoms with Gasteiger partial charge in [0.2, 0.25) is 5.91 Å². The summed E-state index contributed by atoms with van der Waals surface area (Å²) < 4.78 is 0. The van der Waals surface area contributed by atoms with Crippen molar-refractivity contribution in [2.24, 2.45) is 5.92 Å². The highest BCUT2D eigenvalue weighted by Gasteiger charge is 2.10. The molecule has 1 amide bonds. The fourth-order valence-corrected chi connectivity index (χ4v) is 1.18. The predicted molar refractivity (Wildman–Crippen MR) is 60.9 cm³/mol. The van der Waals surface area contributed by atoms with Gasteiger partial charge in [0.05, 0.1) is 0 Å². The lowest BCUT2D eigenvalue weighted by molar-refractivity contribution is -0.119. The standard InChI is InChI=1S/C12H17NO2/c1-4-8(2)12(15)13-10-5-6-11(14)9(3)7-10/h5-8,14H,4H2,1-3H3,(H,13,15). The summed E-state index contributed by atoms with van der Waals surface area (Å²) in [6.07, 6.45) is 0.822. The number of nitrogens with one attached hydrogen (secondary N) is 1. The number of benzene rings is 1. The molecule has 1 aromatic rings. The van der Waals surface area contributed by atoms with E-state index in [0.29, 0.717) is 0 Å². The van der Waals surface area contributed by atoms with Crippen molar-refractivity contribution < 1.29 is 9.90 Å². The molecular formula is C12H17NO2. The van der Waals surface area contributed by atoms with E-state index < -0.39 is 0 Å². The van der Waals surface area contributed by atoms with Gasteiger partial charge in [-0.2, -0.15) is 0 Å². The number of hydrogen-bond donors (Lipinski definition) is 2. The monoisotopic (exact) mass is 207 g/mol. The Balaban J connectivity index is 2.73.